The van der Waals surface area contributed by atoms with Crippen LogP contribution >= 0.6 is 11.8 Å². The van der Waals surface area contributed by atoms with E-state index in [-0.39, 0.29) is 0 Å². The van der Waals surface area contributed by atoms with Crippen molar-refractivity contribution in [3.63, 3.8) is 0 Å². The smallest absolute Gasteiger partial charge is 0.192 e. The summed E-state index contributed by atoms with van der Waals surface area (Å²) in [4.78, 5) is 12.0. The second-order valence-electron chi connectivity index (χ2n) is 6.02. The molecule has 0 spiro atoms. The first-order valence-corrected chi connectivity index (χ1v) is 9.44. The van der Waals surface area contributed by atoms with Gasteiger partial charge in [-0.05, 0) is 25.2 Å². The third-order valence-electron chi connectivity index (χ3n) is 4.40. The van der Waals surface area contributed by atoms with Gasteiger partial charge >= 0.3 is 0 Å². The van der Waals surface area contributed by atoms with E-state index >= 15 is 0 Å². The number of hydrogen-bond acceptors (Lipinski definition) is 2. The van der Waals surface area contributed by atoms with Crippen LogP contribution in [0.3, 0.4) is 0 Å². The van der Waals surface area contributed by atoms with E-state index in [0.29, 0.717) is 17.0 Å². The molecule has 1 fully saturated rings. The van der Waals surface area contributed by atoms with Crippen molar-refractivity contribution in [1.82, 2.24) is 0 Å². The molecule has 1 atom stereocenters. The summed E-state index contributed by atoms with van der Waals surface area (Å²) >= 11 is 1.58. The lowest BCUT2D eigenvalue weighted by molar-refractivity contribution is -0.115. The highest BCUT2D eigenvalue weighted by Crippen LogP contribution is 2.36. The molecular formula is C17H32OS. The molecular weight excluding hydrogens is 252 g/mol. The second-order valence-corrected chi connectivity index (χ2v) is 7.12. The molecule has 0 unspecified atom stereocenters. The molecule has 112 valence electrons. The maximum atomic E-state index is 12.0. The maximum Gasteiger partial charge on any atom is 0.192 e. The summed E-state index contributed by atoms with van der Waals surface area (Å²) in [6.45, 7) is 4.53. The molecule has 1 aliphatic heterocycles. The Hall–Kier alpha value is 0.0200. The van der Waals surface area contributed by atoms with Crippen molar-refractivity contribution in [1.29, 1.82) is 0 Å². The lowest BCUT2D eigenvalue weighted by atomic mass is 9.83. The fraction of sp³-hybridized carbons (Fsp3) is 0.941. The monoisotopic (exact) mass is 284 g/mol. The molecule has 1 saturated heterocycles. The summed E-state index contributed by atoms with van der Waals surface area (Å²) in [5.41, 5.74) is 0. The molecule has 0 aromatic carbocycles. The molecule has 19 heavy (non-hydrogen) atoms. The minimum atomic E-state index is 0.397. The highest BCUT2D eigenvalue weighted by molar-refractivity contribution is 8.14. The zero-order valence-electron chi connectivity index (χ0n) is 13.0. The Bertz CT molecular complexity index is 227. The van der Waals surface area contributed by atoms with Gasteiger partial charge in [-0.25, -0.2) is 0 Å². The third-order valence-corrected chi connectivity index (χ3v) is 5.43. The number of carbonyl (C=O) groups is 1. The Morgan fingerprint density at radius 2 is 1.58 bits per heavy atom. The number of hydrogen-bond donors (Lipinski definition) is 0. The van der Waals surface area contributed by atoms with E-state index < -0.39 is 0 Å². The van der Waals surface area contributed by atoms with E-state index in [4.69, 9.17) is 0 Å². The summed E-state index contributed by atoms with van der Waals surface area (Å²) in [7, 11) is 0. The van der Waals surface area contributed by atoms with Crippen LogP contribution in [0.1, 0.15) is 84.5 Å². The molecule has 1 aliphatic rings. The maximum absolute atomic E-state index is 12.0. The zero-order chi connectivity index (χ0) is 13.9. The lowest BCUT2D eigenvalue weighted by Gasteiger charge is -2.22. The Morgan fingerprint density at radius 1 is 1.00 bits per heavy atom. The Labute approximate surface area is 124 Å². The van der Waals surface area contributed by atoms with Gasteiger partial charge in [-0.15, -0.1) is 0 Å². The van der Waals surface area contributed by atoms with E-state index in [1.807, 2.05) is 0 Å². The molecule has 0 aliphatic carbocycles. The SMILES string of the molecule is CCCCCCC(CCCCCC)[C@H]1CCSC1=O. The van der Waals surface area contributed by atoms with Crippen LogP contribution in [-0.2, 0) is 4.79 Å². The number of thioether (sulfide) groups is 1. The van der Waals surface area contributed by atoms with Gasteiger partial charge < -0.3 is 0 Å². The summed E-state index contributed by atoms with van der Waals surface area (Å²) in [6.07, 6.45) is 14.4. The molecule has 1 nitrogen and oxygen atoms in total. The third kappa shape index (κ3) is 6.83. The molecule has 0 aromatic rings. The van der Waals surface area contributed by atoms with E-state index in [1.54, 1.807) is 11.8 Å². The molecule has 0 N–H and O–H groups in total. The number of carbonyl (C=O) groups excluding carboxylic acids is 1. The Morgan fingerprint density at radius 3 is 2.00 bits per heavy atom. The van der Waals surface area contributed by atoms with Gasteiger partial charge in [0.25, 0.3) is 0 Å². The molecule has 0 saturated carbocycles. The molecule has 0 bridgehead atoms. The summed E-state index contributed by atoms with van der Waals surface area (Å²) in [6, 6.07) is 0. The van der Waals surface area contributed by atoms with Gasteiger partial charge in [0.2, 0.25) is 0 Å². The number of unbranched alkanes of at least 4 members (excludes halogenated alkanes) is 6. The fourth-order valence-electron chi connectivity index (χ4n) is 3.15. The quantitative estimate of drug-likeness (QED) is 0.444. The van der Waals surface area contributed by atoms with Crippen LogP contribution in [0.25, 0.3) is 0 Å². The zero-order valence-corrected chi connectivity index (χ0v) is 13.8. The minimum Gasteiger partial charge on any atom is -0.287 e. The summed E-state index contributed by atoms with van der Waals surface area (Å²) in [5.74, 6) is 2.16. The van der Waals surface area contributed by atoms with Crippen LogP contribution in [0, 0.1) is 11.8 Å². The molecule has 0 radical (unpaired) electrons. The predicted molar refractivity (Wildman–Crippen MR) is 86.6 cm³/mol. The van der Waals surface area contributed by atoms with Crippen molar-refractivity contribution < 1.29 is 4.79 Å². The molecule has 0 aromatic heterocycles. The van der Waals surface area contributed by atoms with E-state index in [0.717, 1.165) is 12.2 Å². The molecule has 1 rings (SSSR count). The van der Waals surface area contributed by atoms with Crippen molar-refractivity contribution in [2.75, 3.05) is 5.75 Å². The van der Waals surface area contributed by atoms with Crippen LogP contribution < -0.4 is 0 Å². The topological polar surface area (TPSA) is 17.1 Å². The highest BCUT2D eigenvalue weighted by atomic mass is 32.2. The van der Waals surface area contributed by atoms with Crippen molar-refractivity contribution >= 4 is 16.9 Å². The van der Waals surface area contributed by atoms with Crippen molar-refractivity contribution in [3.05, 3.63) is 0 Å². The summed E-state index contributed by atoms with van der Waals surface area (Å²) < 4.78 is 0. The Balaban J connectivity index is 2.31. The van der Waals surface area contributed by atoms with Crippen LogP contribution in [-0.4, -0.2) is 10.9 Å². The van der Waals surface area contributed by atoms with Crippen molar-refractivity contribution in [3.8, 4) is 0 Å². The second kappa shape index (κ2) is 10.8. The van der Waals surface area contributed by atoms with Crippen LogP contribution in [0.2, 0.25) is 0 Å². The van der Waals surface area contributed by atoms with Gasteiger partial charge in [0.1, 0.15) is 0 Å². The van der Waals surface area contributed by atoms with Gasteiger partial charge in [-0.3, -0.25) is 4.79 Å². The van der Waals surface area contributed by atoms with Gasteiger partial charge in [0.15, 0.2) is 5.12 Å². The fourth-order valence-corrected chi connectivity index (χ4v) is 4.25. The largest absolute Gasteiger partial charge is 0.287 e. The standard InChI is InChI=1S/C17H32OS/c1-3-5-7-9-11-15(12-10-8-6-4-2)16-13-14-19-17(16)18/h15-16H,3-14H2,1-2H3/t16-/m1/s1. The summed E-state index contributed by atoms with van der Waals surface area (Å²) in [5, 5.41) is 0.496. The predicted octanol–water partition coefficient (Wildman–Crippen LogP) is 5.82. The molecule has 1 heterocycles. The molecule has 2 heteroatoms. The van der Waals surface area contributed by atoms with Gasteiger partial charge in [0, 0.05) is 11.7 Å². The number of rotatable bonds is 11. The van der Waals surface area contributed by atoms with E-state index in [1.165, 1.54) is 64.2 Å². The average molecular weight is 285 g/mol. The average Bonchev–Trinajstić information content (AvgIpc) is 2.83. The molecule has 0 amide bonds. The highest BCUT2D eigenvalue weighted by Gasteiger charge is 2.31. The van der Waals surface area contributed by atoms with Gasteiger partial charge in [0.05, 0.1) is 0 Å². The van der Waals surface area contributed by atoms with Crippen molar-refractivity contribution in [2.45, 2.75) is 84.5 Å². The first-order chi connectivity index (χ1) is 9.29. The minimum absolute atomic E-state index is 0.397. The first kappa shape index (κ1) is 17.1. The van der Waals surface area contributed by atoms with E-state index in [2.05, 4.69) is 13.8 Å². The van der Waals surface area contributed by atoms with Crippen LogP contribution in [0.4, 0.5) is 0 Å². The van der Waals surface area contributed by atoms with Crippen LogP contribution in [0.5, 0.6) is 0 Å². The lowest BCUT2D eigenvalue weighted by Crippen LogP contribution is -2.18. The van der Waals surface area contributed by atoms with Gasteiger partial charge in [-0.1, -0.05) is 77.0 Å². The van der Waals surface area contributed by atoms with Gasteiger partial charge in [-0.2, -0.15) is 0 Å². The van der Waals surface area contributed by atoms with Crippen molar-refractivity contribution in [2.24, 2.45) is 11.8 Å². The first-order valence-electron chi connectivity index (χ1n) is 8.46. The Kier molecular flexibility index (Phi) is 9.67. The van der Waals surface area contributed by atoms with E-state index in [9.17, 15) is 4.79 Å². The normalized spacial score (nSPS) is 19.5. The van der Waals surface area contributed by atoms with Crippen LogP contribution in [0.15, 0.2) is 0 Å².